The Morgan fingerprint density at radius 3 is 1.39 bits per heavy atom. The van der Waals surface area contributed by atoms with E-state index in [0.29, 0.717) is 94.1 Å². The molecule has 7 nitrogen and oxygen atoms in total. The number of benzene rings is 5. The molecular formula is C41H20F3N7. The zero-order chi connectivity index (χ0) is 35.6. The van der Waals surface area contributed by atoms with Gasteiger partial charge in [-0.2, -0.15) is 34.2 Å². The topological polar surface area (TPSA) is 118 Å². The molecule has 8 rings (SSSR count). The summed E-state index contributed by atoms with van der Waals surface area (Å²) in [6.45, 7) is 1.61. The summed E-state index contributed by atoms with van der Waals surface area (Å²) in [7, 11) is 0. The molecule has 0 aliphatic heterocycles. The Morgan fingerprint density at radius 1 is 0.549 bits per heavy atom. The molecule has 0 N–H and O–H groups in total. The number of rotatable bonds is 3. The van der Waals surface area contributed by atoms with Gasteiger partial charge in [0.15, 0.2) is 0 Å². The molecule has 0 saturated carbocycles. The third kappa shape index (κ3) is 4.91. The van der Waals surface area contributed by atoms with E-state index < -0.39 is 11.7 Å². The van der Waals surface area contributed by atoms with E-state index in [-0.39, 0.29) is 0 Å². The van der Waals surface area contributed by atoms with E-state index in [9.17, 15) is 34.2 Å². The van der Waals surface area contributed by atoms with Crippen molar-refractivity contribution in [2.24, 2.45) is 0 Å². The maximum Gasteiger partial charge on any atom is 0.416 e. The lowest BCUT2D eigenvalue weighted by atomic mass is 9.99. The highest BCUT2D eigenvalue weighted by Crippen LogP contribution is 2.41. The van der Waals surface area contributed by atoms with Gasteiger partial charge in [0.2, 0.25) is 0 Å². The maximum atomic E-state index is 14.3. The van der Waals surface area contributed by atoms with Crippen molar-refractivity contribution in [2.45, 2.75) is 13.1 Å². The number of halogens is 3. The number of alkyl halides is 3. The first-order valence-corrected chi connectivity index (χ1v) is 15.6. The molecule has 0 aliphatic carbocycles. The summed E-state index contributed by atoms with van der Waals surface area (Å²) in [6, 6.07) is 35.1. The molecule has 0 aliphatic rings. The average molecular weight is 668 g/mol. The molecule has 5 aromatic carbocycles. The number of hydrogen-bond acceptors (Lipinski definition) is 5. The average Bonchev–Trinajstić information content (AvgIpc) is 3.64. The number of aryl methyl sites for hydroxylation is 1. The van der Waals surface area contributed by atoms with Crippen LogP contribution in [0.5, 0.6) is 0 Å². The van der Waals surface area contributed by atoms with Gasteiger partial charge >= 0.3 is 6.18 Å². The lowest BCUT2D eigenvalue weighted by Gasteiger charge is -2.18. The van der Waals surface area contributed by atoms with E-state index in [0.717, 1.165) is 12.1 Å². The molecule has 51 heavy (non-hydrogen) atoms. The van der Waals surface area contributed by atoms with E-state index in [2.05, 4.69) is 24.3 Å². The third-order valence-corrected chi connectivity index (χ3v) is 9.10. The predicted molar refractivity (Wildman–Crippen MR) is 187 cm³/mol. The Bertz CT molecular complexity index is 2830. The second-order valence-corrected chi connectivity index (χ2v) is 12.2. The second kappa shape index (κ2) is 11.3. The largest absolute Gasteiger partial charge is 0.416 e. The van der Waals surface area contributed by atoms with Crippen molar-refractivity contribution in [3.8, 4) is 46.9 Å². The summed E-state index contributed by atoms with van der Waals surface area (Å²) in [4.78, 5) is 4.91. The third-order valence-electron chi connectivity index (χ3n) is 9.10. The van der Waals surface area contributed by atoms with Gasteiger partial charge in [-0.3, -0.25) is 4.57 Å². The van der Waals surface area contributed by atoms with Crippen LogP contribution in [0.15, 0.2) is 103 Å². The standard InChI is InChI=1S/C41H20F3N7/c1-23-10-28(16-29(11-23)41(42,43)44)30-17-40(51-37-8-4-26(20-47)14-33(37)34-15-27(21-48)5-9-38(34)51)49-22-39(30)50-35-6-2-24(18-45)12-31(35)32-13-25(19-46)3-7-36(32)50/h2-17,22H,1H3. The van der Waals surface area contributed by atoms with E-state index in [1.54, 1.807) is 98.0 Å². The van der Waals surface area contributed by atoms with Crippen LogP contribution in [0, 0.1) is 52.2 Å². The fourth-order valence-corrected chi connectivity index (χ4v) is 6.90. The minimum absolute atomic E-state index is 0.303. The van der Waals surface area contributed by atoms with E-state index in [4.69, 9.17) is 4.98 Å². The number of nitrogens with zero attached hydrogens (tertiary/aromatic N) is 7. The minimum atomic E-state index is -4.60. The van der Waals surface area contributed by atoms with Crippen LogP contribution in [0.3, 0.4) is 0 Å². The second-order valence-electron chi connectivity index (χ2n) is 12.2. The van der Waals surface area contributed by atoms with Gasteiger partial charge in [-0.25, -0.2) is 4.98 Å². The monoisotopic (exact) mass is 667 g/mol. The molecule has 0 unspecified atom stereocenters. The Kier molecular flexibility index (Phi) is 6.88. The molecule has 0 saturated heterocycles. The SMILES string of the molecule is Cc1cc(-c2cc(-n3c4ccc(C#N)cc4c4cc(C#N)ccc43)ncc2-n2c3ccc(C#N)cc3c3cc(C#N)ccc32)cc(C(F)(F)F)c1. The number of aromatic nitrogens is 3. The van der Waals surface area contributed by atoms with Crippen molar-refractivity contribution in [1.82, 2.24) is 14.1 Å². The quantitative estimate of drug-likeness (QED) is 0.186. The molecule has 0 bridgehead atoms. The summed E-state index contributed by atoms with van der Waals surface area (Å²) in [5.74, 6) is 0.400. The zero-order valence-corrected chi connectivity index (χ0v) is 26.6. The van der Waals surface area contributed by atoms with Gasteiger partial charge in [0.25, 0.3) is 0 Å². The number of nitriles is 4. The van der Waals surface area contributed by atoms with Crippen LogP contribution >= 0.6 is 0 Å². The highest BCUT2D eigenvalue weighted by molar-refractivity contribution is 6.11. The van der Waals surface area contributed by atoms with Gasteiger partial charge in [-0.1, -0.05) is 6.07 Å². The molecule has 0 spiro atoms. The summed E-state index contributed by atoms with van der Waals surface area (Å²) in [5.41, 5.74) is 5.24. The predicted octanol–water partition coefficient (Wildman–Crippen LogP) is 9.76. The van der Waals surface area contributed by atoms with Gasteiger partial charge < -0.3 is 4.57 Å². The lowest BCUT2D eigenvalue weighted by Crippen LogP contribution is -2.07. The van der Waals surface area contributed by atoms with E-state index in [1.807, 2.05) is 9.13 Å². The van der Waals surface area contributed by atoms with Crippen LogP contribution in [0.2, 0.25) is 0 Å². The minimum Gasteiger partial charge on any atom is -0.307 e. The Morgan fingerprint density at radius 2 is 0.980 bits per heavy atom. The first kappa shape index (κ1) is 30.9. The van der Waals surface area contributed by atoms with Crippen molar-refractivity contribution in [2.75, 3.05) is 0 Å². The van der Waals surface area contributed by atoms with Crippen LogP contribution in [0.25, 0.3) is 66.2 Å². The number of fused-ring (bicyclic) bond motifs is 6. The fraction of sp³-hybridized carbons (Fsp3) is 0.0488. The highest BCUT2D eigenvalue weighted by atomic mass is 19.4. The molecule has 3 heterocycles. The van der Waals surface area contributed by atoms with E-state index in [1.165, 1.54) is 0 Å². The first-order chi connectivity index (χ1) is 24.6. The van der Waals surface area contributed by atoms with Crippen molar-refractivity contribution >= 4 is 43.6 Å². The van der Waals surface area contributed by atoms with Crippen molar-refractivity contribution in [1.29, 1.82) is 21.0 Å². The van der Waals surface area contributed by atoms with Crippen LogP contribution < -0.4 is 0 Å². The van der Waals surface area contributed by atoms with Crippen LogP contribution in [0.1, 0.15) is 33.4 Å². The molecular weight excluding hydrogens is 647 g/mol. The normalized spacial score (nSPS) is 11.5. The lowest BCUT2D eigenvalue weighted by molar-refractivity contribution is -0.137. The molecule has 240 valence electrons. The first-order valence-electron chi connectivity index (χ1n) is 15.6. The van der Waals surface area contributed by atoms with Gasteiger partial charge in [-0.15, -0.1) is 0 Å². The molecule has 8 aromatic rings. The molecule has 0 amide bonds. The molecule has 0 atom stereocenters. The Hall–Kier alpha value is -7.40. The maximum absolute atomic E-state index is 14.3. The number of hydrogen-bond donors (Lipinski definition) is 0. The molecule has 0 radical (unpaired) electrons. The van der Waals surface area contributed by atoms with Crippen LogP contribution in [0.4, 0.5) is 13.2 Å². The summed E-state index contributed by atoms with van der Waals surface area (Å²) >= 11 is 0. The summed E-state index contributed by atoms with van der Waals surface area (Å²) in [6.07, 6.45) is -2.99. The Labute approximate surface area is 288 Å². The molecule has 10 heteroatoms. The van der Waals surface area contributed by atoms with Crippen molar-refractivity contribution < 1.29 is 13.2 Å². The van der Waals surface area contributed by atoms with Gasteiger partial charge in [0, 0.05) is 27.1 Å². The van der Waals surface area contributed by atoms with Crippen molar-refractivity contribution in [3.63, 3.8) is 0 Å². The van der Waals surface area contributed by atoms with Gasteiger partial charge in [0.1, 0.15) is 5.82 Å². The van der Waals surface area contributed by atoms with Gasteiger partial charge in [-0.05, 0) is 109 Å². The Balaban J connectivity index is 1.50. The molecule has 3 aromatic heterocycles. The number of pyridine rings is 1. The van der Waals surface area contributed by atoms with Gasteiger partial charge in [0.05, 0.1) is 86.0 Å². The van der Waals surface area contributed by atoms with Crippen molar-refractivity contribution in [3.05, 3.63) is 137 Å². The van der Waals surface area contributed by atoms with Crippen LogP contribution in [-0.2, 0) is 6.18 Å². The van der Waals surface area contributed by atoms with Crippen LogP contribution in [-0.4, -0.2) is 14.1 Å². The zero-order valence-electron chi connectivity index (χ0n) is 26.6. The summed E-state index contributed by atoms with van der Waals surface area (Å²) < 4.78 is 46.5. The smallest absolute Gasteiger partial charge is 0.307 e. The fourth-order valence-electron chi connectivity index (χ4n) is 6.90. The highest BCUT2D eigenvalue weighted by Gasteiger charge is 2.31. The molecule has 0 fully saturated rings. The van der Waals surface area contributed by atoms with E-state index >= 15 is 0 Å². The summed E-state index contributed by atoms with van der Waals surface area (Å²) in [5, 5.41) is 41.5.